The van der Waals surface area contributed by atoms with Crippen LogP contribution in [0.5, 0.6) is 0 Å². The second-order valence-electron chi connectivity index (χ2n) is 4.02. The van der Waals surface area contributed by atoms with E-state index in [0.717, 1.165) is 21.8 Å². The average molecular weight is 275 g/mol. The largest absolute Gasteiger partial charge is 0.392 e. The Kier molecular flexibility index (Phi) is 4.54. The van der Waals surface area contributed by atoms with Crippen molar-refractivity contribution in [2.45, 2.75) is 17.3 Å². The number of nitrogens with zero attached hydrogens (tertiary/aromatic N) is 1. The summed E-state index contributed by atoms with van der Waals surface area (Å²) >= 11 is 1.64. The third-order valence-electron chi connectivity index (χ3n) is 2.63. The summed E-state index contributed by atoms with van der Waals surface area (Å²) in [5, 5.41) is 19.6. The first kappa shape index (κ1) is 13.6. The van der Waals surface area contributed by atoms with Crippen LogP contribution >= 0.6 is 11.8 Å². The van der Waals surface area contributed by atoms with Gasteiger partial charge >= 0.3 is 0 Å². The summed E-state index contributed by atoms with van der Waals surface area (Å²) in [6.45, 7) is 0.0337. The Morgan fingerprint density at radius 2 is 1.84 bits per heavy atom. The van der Waals surface area contributed by atoms with Crippen molar-refractivity contribution in [1.29, 1.82) is 0 Å². The fourth-order valence-electron chi connectivity index (χ4n) is 1.61. The van der Waals surface area contributed by atoms with Crippen molar-refractivity contribution in [2.75, 3.05) is 0 Å². The van der Waals surface area contributed by atoms with Gasteiger partial charge in [-0.05, 0) is 23.3 Å². The zero-order chi connectivity index (χ0) is 13.7. The summed E-state index contributed by atoms with van der Waals surface area (Å²) in [6.07, 6.45) is 0. The van der Waals surface area contributed by atoms with E-state index in [1.165, 1.54) is 12.1 Å². The lowest BCUT2D eigenvalue weighted by Crippen LogP contribution is -1.88. The molecule has 0 fully saturated rings. The van der Waals surface area contributed by atoms with Crippen LogP contribution in [0.2, 0.25) is 0 Å². The van der Waals surface area contributed by atoms with Gasteiger partial charge in [-0.25, -0.2) is 0 Å². The number of aliphatic hydroxyl groups is 1. The molecule has 0 saturated carbocycles. The van der Waals surface area contributed by atoms with Gasteiger partial charge in [0.15, 0.2) is 0 Å². The SMILES string of the molecule is O=[N+]([O-])c1ccc(CSc2cccc(CO)c2)cc1. The van der Waals surface area contributed by atoms with E-state index in [1.807, 2.05) is 24.3 Å². The summed E-state index contributed by atoms with van der Waals surface area (Å²) in [6, 6.07) is 14.3. The molecule has 2 aromatic carbocycles. The van der Waals surface area contributed by atoms with E-state index in [4.69, 9.17) is 5.11 Å². The molecule has 0 spiro atoms. The molecule has 0 bridgehead atoms. The van der Waals surface area contributed by atoms with Crippen molar-refractivity contribution >= 4 is 17.4 Å². The Morgan fingerprint density at radius 1 is 1.11 bits per heavy atom. The first-order chi connectivity index (χ1) is 9.19. The van der Waals surface area contributed by atoms with E-state index in [0.29, 0.717) is 0 Å². The standard InChI is InChI=1S/C14H13NO3S/c16-9-12-2-1-3-14(8-12)19-10-11-4-6-13(7-5-11)15(17)18/h1-8,16H,9-10H2. The Bertz CT molecular complexity index is 569. The molecule has 1 N–H and O–H groups in total. The maximum Gasteiger partial charge on any atom is 0.269 e. The predicted molar refractivity (Wildman–Crippen MR) is 75.0 cm³/mol. The fourth-order valence-corrected chi connectivity index (χ4v) is 2.55. The Hall–Kier alpha value is -1.85. The van der Waals surface area contributed by atoms with E-state index in [9.17, 15) is 10.1 Å². The van der Waals surface area contributed by atoms with E-state index in [2.05, 4.69) is 0 Å². The molecular weight excluding hydrogens is 262 g/mol. The number of non-ortho nitro benzene ring substituents is 1. The smallest absolute Gasteiger partial charge is 0.269 e. The maximum absolute atomic E-state index is 10.5. The van der Waals surface area contributed by atoms with Crippen LogP contribution in [-0.2, 0) is 12.4 Å². The van der Waals surface area contributed by atoms with Gasteiger partial charge in [-0.1, -0.05) is 24.3 Å². The lowest BCUT2D eigenvalue weighted by molar-refractivity contribution is -0.384. The number of rotatable bonds is 5. The van der Waals surface area contributed by atoms with Crippen molar-refractivity contribution in [1.82, 2.24) is 0 Å². The number of nitro benzene ring substituents is 1. The van der Waals surface area contributed by atoms with Gasteiger partial charge in [0, 0.05) is 22.8 Å². The molecule has 5 heteroatoms. The highest BCUT2D eigenvalue weighted by atomic mass is 32.2. The van der Waals surface area contributed by atoms with Gasteiger partial charge < -0.3 is 5.11 Å². The van der Waals surface area contributed by atoms with Gasteiger partial charge in [0.2, 0.25) is 0 Å². The lowest BCUT2D eigenvalue weighted by Gasteiger charge is -2.03. The molecule has 0 radical (unpaired) electrons. The summed E-state index contributed by atoms with van der Waals surface area (Å²) in [5.41, 5.74) is 2.02. The highest BCUT2D eigenvalue weighted by Gasteiger charge is 2.04. The molecule has 2 aromatic rings. The zero-order valence-corrected chi connectivity index (χ0v) is 11.0. The highest BCUT2D eigenvalue weighted by Crippen LogP contribution is 2.24. The molecule has 98 valence electrons. The third kappa shape index (κ3) is 3.81. The Labute approximate surface area is 115 Å². The summed E-state index contributed by atoms with van der Waals surface area (Å²) in [5.74, 6) is 0.743. The van der Waals surface area contributed by atoms with Crippen molar-refractivity contribution in [3.63, 3.8) is 0 Å². The number of nitro groups is 1. The number of hydrogen-bond acceptors (Lipinski definition) is 4. The number of benzene rings is 2. The Morgan fingerprint density at radius 3 is 2.47 bits per heavy atom. The monoisotopic (exact) mass is 275 g/mol. The second-order valence-corrected chi connectivity index (χ2v) is 5.07. The van der Waals surface area contributed by atoms with Crippen molar-refractivity contribution in [3.05, 3.63) is 69.8 Å². The van der Waals surface area contributed by atoms with E-state index in [-0.39, 0.29) is 12.3 Å². The molecule has 0 unspecified atom stereocenters. The van der Waals surface area contributed by atoms with Crippen molar-refractivity contribution < 1.29 is 10.0 Å². The van der Waals surface area contributed by atoms with Crippen molar-refractivity contribution in [3.8, 4) is 0 Å². The van der Waals surface area contributed by atoms with Gasteiger partial charge in [-0.15, -0.1) is 11.8 Å². The fraction of sp³-hybridized carbons (Fsp3) is 0.143. The van der Waals surface area contributed by atoms with Crippen LogP contribution in [0.3, 0.4) is 0 Å². The summed E-state index contributed by atoms with van der Waals surface area (Å²) in [7, 11) is 0. The minimum atomic E-state index is -0.401. The Balaban J connectivity index is 1.99. The first-order valence-corrected chi connectivity index (χ1v) is 6.73. The van der Waals surface area contributed by atoms with Crippen LogP contribution in [0.4, 0.5) is 5.69 Å². The molecule has 0 aliphatic carbocycles. The van der Waals surface area contributed by atoms with Gasteiger partial charge in [-0.2, -0.15) is 0 Å². The highest BCUT2D eigenvalue weighted by molar-refractivity contribution is 7.98. The van der Waals surface area contributed by atoms with Crippen molar-refractivity contribution in [2.24, 2.45) is 0 Å². The van der Waals surface area contributed by atoms with E-state index >= 15 is 0 Å². The molecular formula is C14H13NO3S. The van der Waals surface area contributed by atoms with Crippen LogP contribution in [0.15, 0.2) is 53.4 Å². The molecule has 0 heterocycles. The summed E-state index contributed by atoms with van der Waals surface area (Å²) in [4.78, 5) is 11.2. The molecule has 0 atom stereocenters. The molecule has 0 aromatic heterocycles. The van der Waals surface area contributed by atoms with Gasteiger partial charge in [-0.3, -0.25) is 10.1 Å². The van der Waals surface area contributed by atoms with Gasteiger partial charge in [0.25, 0.3) is 5.69 Å². The van der Waals surface area contributed by atoms with Crippen LogP contribution in [0.25, 0.3) is 0 Å². The predicted octanol–water partition coefficient (Wildman–Crippen LogP) is 3.38. The molecule has 0 aliphatic rings. The minimum absolute atomic E-state index is 0.0337. The zero-order valence-electron chi connectivity index (χ0n) is 10.2. The quantitative estimate of drug-likeness (QED) is 0.516. The first-order valence-electron chi connectivity index (χ1n) is 5.75. The number of aliphatic hydroxyl groups excluding tert-OH is 1. The second kappa shape index (κ2) is 6.36. The molecule has 19 heavy (non-hydrogen) atoms. The van der Waals surface area contributed by atoms with Gasteiger partial charge in [0.05, 0.1) is 11.5 Å². The van der Waals surface area contributed by atoms with Crippen LogP contribution in [-0.4, -0.2) is 10.0 Å². The van der Waals surface area contributed by atoms with Gasteiger partial charge in [0.1, 0.15) is 0 Å². The number of thioether (sulfide) groups is 1. The summed E-state index contributed by atoms with van der Waals surface area (Å²) < 4.78 is 0. The van der Waals surface area contributed by atoms with Crippen LogP contribution < -0.4 is 0 Å². The molecule has 0 saturated heterocycles. The van der Waals surface area contributed by atoms with Crippen LogP contribution in [0, 0.1) is 10.1 Å². The maximum atomic E-state index is 10.5. The van der Waals surface area contributed by atoms with E-state index in [1.54, 1.807) is 23.9 Å². The number of hydrogen-bond donors (Lipinski definition) is 1. The third-order valence-corrected chi connectivity index (χ3v) is 3.70. The molecule has 0 amide bonds. The molecule has 0 aliphatic heterocycles. The normalized spacial score (nSPS) is 10.4. The molecule has 2 rings (SSSR count). The topological polar surface area (TPSA) is 63.4 Å². The van der Waals surface area contributed by atoms with E-state index < -0.39 is 4.92 Å². The minimum Gasteiger partial charge on any atom is -0.392 e. The molecule has 4 nitrogen and oxygen atoms in total. The average Bonchev–Trinajstić information content (AvgIpc) is 2.46. The van der Waals surface area contributed by atoms with Crippen LogP contribution in [0.1, 0.15) is 11.1 Å². The lowest BCUT2D eigenvalue weighted by atomic mass is 10.2.